The van der Waals surface area contributed by atoms with Crippen molar-refractivity contribution >= 4 is 29.4 Å². The summed E-state index contributed by atoms with van der Waals surface area (Å²) in [6.45, 7) is 2.98. The summed E-state index contributed by atoms with van der Waals surface area (Å²) < 4.78 is 0.599. The van der Waals surface area contributed by atoms with Crippen LogP contribution in [0.5, 0.6) is 11.6 Å². The highest BCUT2D eigenvalue weighted by molar-refractivity contribution is 6.32. The Bertz CT molecular complexity index is 1060. The fourth-order valence-electron chi connectivity index (χ4n) is 2.55. The molecular weight excluding hydrogens is 418 g/mol. The largest absolute Gasteiger partial charge is 0.506 e. The first-order chi connectivity index (χ1) is 14.1. The predicted octanol–water partition coefficient (Wildman–Crippen LogP) is 1.10. The number of carbonyl (C=O) groups is 3. The highest BCUT2D eigenvalue weighted by atomic mass is 35.5. The summed E-state index contributed by atoms with van der Waals surface area (Å²) in [6.07, 6.45) is 0. The van der Waals surface area contributed by atoms with E-state index in [9.17, 15) is 29.4 Å². The van der Waals surface area contributed by atoms with Gasteiger partial charge in [0.05, 0.1) is 10.7 Å². The number of aromatic nitrogens is 1. The van der Waals surface area contributed by atoms with Gasteiger partial charge in [0.1, 0.15) is 17.7 Å². The molecular formula is C19H20ClN3O7. The molecule has 160 valence electrons. The van der Waals surface area contributed by atoms with Gasteiger partial charge >= 0.3 is 5.97 Å². The standard InChI is InChI=1S/C19H20ClN3O7/c1-9(2)7-21-16(27)13-15(26)14(17(28)22-8-12(24)25)19(30)23(18(13)29)11-6-4-3-5-10(11)20/h3-6,9,26,29H,7-8H2,1-2H3,(H,21,27)(H,22,28)(H,24,25). The summed E-state index contributed by atoms with van der Waals surface area (Å²) in [5, 5.41) is 34.3. The average molecular weight is 438 g/mol. The third-order valence-corrected chi connectivity index (χ3v) is 4.26. The number of carboxylic acids is 1. The minimum Gasteiger partial charge on any atom is -0.506 e. The molecule has 0 aliphatic heterocycles. The van der Waals surface area contributed by atoms with E-state index in [0.717, 1.165) is 0 Å². The van der Waals surface area contributed by atoms with Gasteiger partial charge in [0.15, 0.2) is 5.75 Å². The van der Waals surface area contributed by atoms with Crippen LogP contribution in [0.25, 0.3) is 5.69 Å². The molecule has 0 unspecified atom stereocenters. The Hall–Kier alpha value is -3.53. The van der Waals surface area contributed by atoms with E-state index >= 15 is 0 Å². The fourth-order valence-corrected chi connectivity index (χ4v) is 2.77. The van der Waals surface area contributed by atoms with Gasteiger partial charge in [0, 0.05) is 6.54 Å². The fraction of sp³-hybridized carbons (Fsp3) is 0.263. The zero-order valence-electron chi connectivity index (χ0n) is 16.1. The lowest BCUT2D eigenvalue weighted by Gasteiger charge is -2.18. The van der Waals surface area contributed by atoms with Crippen LogP contribution in [0.3, 0.4) is 0 Å². The summed E-state index contributed by atoms with van der Waals surface area (Å²) in [4.78, 5) is 48.7. The van der Waals surface area contributed by atoms with E-state index in [2.05, 4.69) is 5.32 Å². The van der Waals surface area contributed by atoms with Crippen LogP contribution in [-0.4, -0.2) is 50.8 Å². The molecule has 0 saturated carbocycles. The molecule has 0 saturated heterocycles. The van der Waals surface area contributed by atoms with Crippen molar-refractivity contribution in [3.63, 3.8) is 0 Å². The molecule has 1 heterocycles. The molecule has 1 aromatic heterocycles. The topological polar surface area (TPSA) is 158 Å². The highest BCUT2D eigenvalue weighted by Gasteiger charge is 2.30. The zero-order valence-corrected chi connectivity index (χ0v) is 16.9. The number of carboxylic acid groups (broad SMARTS) is 1. The number of benzene rings is 1. The predicted molar refractivity (Wildman–Crippen MR) is 108 cm³/mol. The Morgan fingerprint density at radius 3 is 2.23 bits per heavy atom. The van der Waals surface area contributed by atoms with Gasteiger partial charge in [-0.25, -0.2) is 4.57 Å². The van der Waals surface area contributed by atoms with E-state index in [1.54, 1.807) is 6.07 Å². The van der Waals surface area contributed by atoms with Crippen LogP contribution in [0.15, 0.2) is 29.1 Å². The number of rotatable bonds is 7. The van der Waals surface area contributed by atoms with Crippen molar-refractivity contribution in [3.05, 3.63) is 50.8 Å². The molecule has 2 aromatic rings. The number of aliphatic carboxylic acids is 1. The first-order valence-electron chi connectivity index (χ1n) is 8.80. The first-order valence-corrected chi connectivity index (χ1v) is 9.18. The number of carbonyl (C=O) groups excluding carboxylic acids is 2. The van der Waals surface area contributed by atoms with Gasteiger partial charge in [0.25, 0.3) is 17.4 Å². The number of hydrogen-bond donors (Lipinski definition) is 5. The summed E-state index contributed by atoms with van der Waals surface area (Å²) in [5.41, 5.74) is -2.88. The van der Waals surface area contributed by atoms with Gasteiger partial charge in [-0.1, -0.05) is 37.6 Å². The van der Waals surface area contributed by atoms with E-state index in [1.807, 2.05) is 19.2 Å². The van der Waals surface area contributed by atoms with Crippen LogP contribution in [0.1, 0.15) is 34.6 Å². The molecule has 2 amide bonds. The minimum atomic E-state index is -1.39. The Kier molecular flexibility index (Phi) is 7.06. The summed E-state index contributed by atoms with van der Waals surface area (Å²) in [7, 11) is 0. The molecule has 30 heavy (non-hydrogen) atoms. The number of nitrogens with one attached hydrogen (secondary N) is 2. The molecule has 1 aromatic carbocycles. The van der Waals surface area contributed by atoms with Crippen LogP contribution < -0.4 is 16.2 Å². The van der Waals surface area contributed by atoms with Crippen LogP contribution in [-0.2, 0) is 4.79 Å². The number of halogens is 1. The lowest BCUT2D eigenvalue weighted by atomic mass is 10.1. The molecule has 10 nitrogen and oxygen atoms in total. The Balaban J connectivity index is 2.77. The molecule has 5 N–H and O–H groups in total. The van der Waals surface area contributed by atoms with E-state index in [1.165, 1.54) is 18.2 Å². The lowest BCUT2D eigenvalue weighted by molar-refractivity contribution is -0.135. The molecule has 0 aliphatic rings. The second-order valence-electron chi connectivity index (χ2n) is 6.69. The van der Waals surface area contributed by atoms with Gasteiger partial charge < -0.3 is 26.0 Å². The Morgan fingerprint density at radius 2 is 1.67 bits per heavy atom. The van der Waals surface area contributed by atoms with Gasteiger partial charge in [-0.2, -0.15) is 0 Å². The zero-order chi connectivity index (χ0) is 22.6. The van der Waals surface area contributed by atoms with Crippen molar-refractivity contribution in [2.45, 2.75) is 13.8 Å². The number of nitrogens with zero attached hydrogens (tertiary/aromatic N) is 1. The van der Waals surface area contributed by atoms with Crippen LogP contribution in [0.4, 0.5) is 0 Å². The normalized spacial score (nSPS) is 10.7. The summed E-state index contributed by atoms with van der Waals surface area (Å²) >= 11 is 6.10. The summed E-state index contributed by atoms with van der Waals surface area (Å²) in [6, 6.07) is 5.83. The maximum Gasteiger partial charge on any atom is 0.322 e. The average Bonchev–Trinajstić information content (AvgIpc) is 2.66. The maximum absolute atomic E-state index is 12.9. The monoisotopic (exact) mass is 437 g/mol. The lowest BCUT2D eigenvalue weighted by Crippen LogP contribution is -2.37. The van der Waals surface area contributed by atoms with Gasteiger partial charge in [-0.3, -0.25) is 19.2 Å². The molecule has 0 atom stereocenters. The van der Waals surface area contributed by atoms with Crippen LogP contribution >= 0.6 is 11.6 Å². The Morgan fingerprint density at radius 1 is 1.07 bits per heavy atom. The van der Waals surface area contributed by atoms with Crippen molar-refractivity contribution in [2.24, 2.45) is 5.92 Å². The van der Waals surface area contributed by atoms with Crippen molar-refractivity contribution < 1.29 is 29.7 Å². The molecule has 0 fully saturated rings. The van der Waals surface area contributed by atoms with Gasteiger partial charge in [0.2, 0.25) is 5.88 Å². The Labute approximate surface area is 175 Å². The third-order valence-electron chi connectivity index (χ3n) is 3.94. The molecule has 0 radical (unpaired) electrons. The second kappa shape index (κ2) is 9.31. The quantitative estimate of drug-likeness (QED) is 0.433. The highest BCUT2D eigenvalue weighted by Crippen LogP contribution is 2.32. The number of aromatic hydroxyl groups is 2. The van der Waals surface area contributed by atoms with Gasteiger partial charge in [-0.05, 0) is 18.1 Å². The van der Waals surface area contributed by atoms with E-state index in [-0.39, 0.29) is 23.2 Å². The smallest absolute Gasteiger partial charge is 0.322 e. The molecule has 11 heteroatoms. The maximum atomic E-state index is 12.9. The molecule has 2 rings (SSSR count). The van der Waals surface area contributed by atoms with Crippen molar-refractivity contribution in [2.75, 3.05) is 13.1 Å². The van der Waals surface area contributed by atoms with E-state index in [0.29, 0.717) is 4.57 Å². The van der Waals surface area contributed by atoms with Crippen molar-refractivity contribution in [3.8, 4) is 17.3 Å². The van der Waals surface area contributed by atoms with Gasteiger partial charge in [-0.15, -0.1) is 0 Å². The molecule has 0 spiro atoms. The van der Waals surface area contributed by atoms with E-state index in [4.69, 9.17) is 16.7 Å². The second-order valence-corrected chi connectivity index (χ2v) is 7.10. The van der Waals surface area contributed by atoms with E-state index < -0.39 is 52.6 Å². The molecule has 0 bridgehead atoms. The van der Waals surface area contributed by atoms with Crippen LogP contribution in [0, 0.1) is 5.92 Å². The number of para-hydroxylation sites is 1. The molecule has 0 aliphatic carbocycles. The van der Waals surface area contributed by atoms with Crippen LogP contribution in [0.2, 0.25) is 5.02 Å². The van der Waals surface area contributed by atoms with Crippen molar-refractivity contribution in [1.29, 1.82) is 0 Å². The summed E-state index contributed by atoms with van der Waals surface area (Å²) in [5.74, 6) is -5.54. The third kappa shape index (κ3) is 4.71. The number of amides is 2. The van der Waals surface area contributed by atoms with Crippen molar-refractivity contribution in [1.82, 2.24) is 15.2 Å². The SMILES string of the molecule is CC(C)CNC(=O)c1c(O)c(C(=O)NCC(=O)O)c(=O)n(-c2ccccc2Cl)c1O. The first kappa shape index (κ1) is 22.8. The minimum absolute atomic E-state index is 0.0195. The number of hydrogen-bond acceptors (Lipinski definition) is 6. The number of pyridine rings is 1.